The topological polar surface area (TPSA) is 41.0 Å². The number of imidazole rings is 1. The van der Waals surface area contributed by atoms with E-state index in [2.05, 4.69) is 20.9 Å². The summed E-state index contributed by atoms with van der Waals surface area (Å²) in [6, 6.07) is 3.10. The molecule has 1 fully saturated rings. The summed E-state index contributed by atoms with van der Waals surface area (Å²) in [5.41, 5.74) is 1.46. The number of nitrogens with zero attached hydrogens (tertiary/aromatic N) is 2. The molecule has 1 amide bonds. The summed E-state index contributed by atoms with van der Waals surface area (Å²) in [6.45, 7) is 2.22. The predicted octanol–water partition coefficient (Wildman–Crippen LogP) is 3.61. The smallest absolute Gasteiger partial charge is 0.224 e. The minimum absolute atomic E-state index is 0.157. The average molecular weight is 372 g/mol. The van der Waals surface area contributed by atoms with Crippen molar-refractivity contribution in [1.29, 1.82) is 0 Å². The van der Waals surface area contributed by atoms with Crippen LogP contribution in [0.2, 0.25) is 0 Å². The van der Waals surface area contributed by atoms with Gasteiger partial charge in [0.05, 0.1) is 15.5 Å². The molecule has 2 aromatic rings. The van der Waals surface area contributed by atoms with Crippen molar-refractivity contribution in [3.05, 3.63) is 27.2 Å². The van der Waals surface area contributed by atoms with Crippen molar-refractivity contribution in [3.63, 3.8) is 0 Å². The number of rotatable bonds is 3. The fourth-order valence-electron chi connectivity index (χ4n) is 2.71. The predicted molar refractivity (Wildman–Crippen MR) is 85.2 cm³/mol. The van der Waals surface area contributed by atoms with Crippen molar-refractivity contribution in [2.45, 2.75) is 25.8 Å². The Bertz CT molecular complexity index is 748. The third-order valence-corrected chi connectivity index (χ3v) is 4.75. The van der Waals surface area contributed by atoms with Gasteiger partial charge in [-0.3, -0.25) is 4.79 Å². The molecule has 112 valence electrons. The van der Waals surface area contributed by atoms with Crippen LogP contribution in [0.25, 0.3) is 11.0 Å². The molecular formula is C14H15BrFN3OS. The Balaban J connectivity index is 1.83. The summed E-state index contributed by atoms with van der Waals surface area (Å²) < 4.78 is 16.3. The normalized spacial score (nSPS) is 15.0. The van der Waals surface area contributed by atoms with E-state index in [-0.39, 0.29) is 11.7 Å². The van der Waals surface area contributed by atoms with Gasteiger partial charge in [-0.15, -0.1) is 0 Å². The van der Waals surface area contributed by atoms with Crippen molar-refractivity contribution < 1.29 is 9.18 Å². The lowest BCUT2D eigenvalue weighted by Gasteiger charge is -2.15. The molecule has 1 saturated heterocycles. The van der Waals surface area contributed by atoms with Gasteiger partial charge in [-0.25, -0.2) is 4.39 Å². The fraction of sp³-hybridized carbons (Fsp3) is 0.429. The molecule has 21 heavy (non-hydrogen) atoms. The van der Waals surface area contributed by atoms with Crippen molar-refractivity contribution in [2.24, 2.45) is 0 Å². The van der Waals surface area contributed by atoms with Crippen molar-refractivity contribution in [1.82, 2.24) is 14.5 Å². The monoisotopic (exact) mass is 371 g/mol. The van der Waals surface area contributed by atoms with E-state index in [1.807, 2.05) is 9.47 Å². The maximum atomic E-state index is 13.5. The van der Waals surface area contributed by atoms with Crippen LogP contribution in [0.1, 0.15) is 19.3 Å². The van der Waals surface area contributed by atoms with Gasteiger partial charge in [0.25, 0.3) is 0 Å². The van der Waals surface area contributed by atoms with Crippen LogP contribution in [0.4, 0.5) is 4.39 Å². The number of aromatic amines is 1. The summed E-state index contributed by atoms with van der Waals surface area (Å²) in [7, 11) is 0. The summed E-state index contributed by atoms with van der Waals surface area (Å²) in [5, 5.41) is 0. The summed E-state index contributed by atoms with van der Waals surface area (Å²) in [4.78, 5) is 17.0. The molecule has 0 spiro atoms. The first-order chi connectivity index (χ1) is 10.1. The Morgan fingerprint density at radius 1 is 1.38 bits per heavy atom. The number of likely N-dealkylation sites (tertiary alicyclic amines) is 1. The average Bonchev–Trinajstić information content (AvgIpc) is 3.06. The Labute approximate surface area is 135 Å². The van der Waals surface area contributed by atoms with Crippen LogP contribution in [0.15, 0.2) is 16.6 Å². The summed E-state index contributed by atoms with van der Waals surface area (Å²) in [6.07, 6.45) is 2.59. The maximum Gasteiger partial charge on any atom is 0.224 e. The number of hydrogen-bond donors (Lipinski definition) is 1. The lowest BCUT2D eigenvalue weighted by atomic mass is 10.3. The first-order valence-corrected chi connectivity index (χ1v) is 8.12. The number of amides is 1. The minimum atomic E-state index is -0.334. The highest BCUT2D eigenvalue weighted by molar-refractivity contribution is 9.10. The number of hydrogen-bond acceptors (Lipinski definition) is 2. The number of nitrogens with one attached hydrogen (secondary N) is 1. The lowest BCUT2D eigenvalue weighted by Crippen LogP contribution is -2.28. The molecule has 1 aliphatic rings. The standard InChI is InChI=1S/C14H15BrFN3OS/c15-9-7-12-11(8-10(9)16)17-14(21)19(12)6-3-13(20)18-4-1-2-5-18/h7-8H,1-6H2,(H,17,21). The molecule has 1 aliphatic heterocycles. The molecule has 3 rings (SSSR count). The van der Waals surface area contributed by atoms with Crippen LogP contribution < -0.4 is 0 Å². The number of carbonyl (C=O) groups excluding carboxylic acids is 1. The molecule has 0 aliphatic carbocycles. The Morgan fingerprint density at radius 3 is 2.81 bits per heavy atom. The van der Waals surface area contributed by atoms with Gasteiger partial charge in [0.15, 0.2) is 4.77 Å². The van der Waals surface area contributed by atoms with Gasteiger partial charge in [0, 0.05) is 32.1 Å². The summed E-state index contributed by atoms with van der Waals surface area (Å²) in [5.74, 6) is -0.177. The zero-order valence-electron chi connectivity index (χ0n) is 11.4. The third kappa shape index (κ3) is 2.89. The van der Waals surface area contributed by atoms with E-state index in [1.54, 1.807) is 6.07 Å². The van der Waals surface area contributed by atoms with Crippen molar-refractivity contribution >= 4 is 45.1 Å². The molecule has 2 heterocycles. The Hall–Kier alpha value is -1.21. The second-order valence-corrected chi connectivity index (χ2v) is 6.44. The number of aromatic nitrogens is 2. The zero-order chi connectivity index (χ0) is 15.0. The van der Waals surface area contributed by atoms with Crippen LogP contribution in [0.3, 0.4) is 0 Å². The van der Waals surface area contributed by atoms with Gasteiger partial charge >= 0.3 is 0 Å². The van der Waals surface area contributed by atoms with Gasteiger partial charge in [-0.05, 0) is 47.1 Å². The van der Waals surface area contributed by atoms with Gasteiger partial charge in [-0.2, -0.15) is 0 Å². The second kappa shape index (κ2) is 5.88. The number of fused-ring (bicyclic) bond motifs is 1. The van der Waals surface area contributed by atoms with Gasteiger partial charge in [0.1, 0.15) is 5.82 Å². The van der Waals surface area contributed by atoms with Crippen molar-refractivity contribution in [2.75, 3.05) is 13.1 Å². The molecule has 0 unspecified atom stereocenters. The van der Waals surface area contributed by atoms with Crippen LogP contribution in [0, 0.1) is 10.6 Å². The molecule has 0 radical (unpaired) electrons. The third-order valence-electron chi connectivity index (χ3n) is 3.82. The molecule has 1 aromatic heterocycles. The molecule has 0 saturated carbocycles. The molecule has 1 N–H and O–H groups in total. The molecule has 7 heteroatoms. The zero-order valence-corrected chi connectivity index (χ0v) is 13.8. The van der Waals surface area contributed by atoms with Crippen LogP contribution in [0.5, 0.6) is 0 Å². The number of aryl methyl sites for hydroxylation is 1. The van der Waals surface area contributed by atoms with Gasteiger partial charge < -0.3 is 14.5 Å². The quantitative estimate of drug-likeness (QED) is 0.837. The number of benzene rings is 1. The minimum Gasteiger partial charge on any atom is -0.343 e. The van der Waals surface area contributed by atoms with E-state index >= 15 is 0 Å². The molecule has 0 atom stereocenters. The van der Waals surface area contributed by atoms with Crippen molar-refractivity contribution in [3.8, 4) is 0 Å². The van der Waals surface area contributed by atoms with E-state index in [4.69, 9.17) is 12.2 Å². The Kier molecular flexibility index (Phi) is 4.12. The van der Waals surface area contributed by atoms with E-state index in [0.29, 0.717) is 27.7 Å². The van der Waals surface area contributed by atoms with Crippen LogP contribution >= 0.6 is 28.1 Å². The molecule has 1 aromatic carbocycles. The first-order valence-electron chi connectivity index (χ1n) is 6.91. The van der Waals surface area contributed by atoms with E-state index in [1.165, 1.54) is 6.07 Å². The first kappa shape index (κ1) is 14.7. The summed E-state index contributed by atoms with van der Waals surface area (Å²) >= 11 is 8.45. The largest absolute Gasteiger partial charge is 0.343 e. The van der Waals surface area contributed by atoms with Crippen LogP contribution in [-0.4, -0.2) is 33.4 Å². The highest BCUT2D eigenvalue weighted by Crippen LogP contribution is 2.23. The number of H-pyrrole nitrogens is 1. The highest BCUT2D eigenvalue weighted by atomic mass is 79.9. The fourth-order valence-corrected chi connectivity index (χ4v) is 3.34. The highest BCUT2D eigenvalue weighted by Gasteiger charge is 2.18. The lowest BCUT2D eigenvalue weighted by molar-refractivity contribution is -0.130. The number of carbonyl (C=O) groups is 1. The second-order valence-electron chi connectivity index (χ2n) is 5.20. The van der Waals surface area contributed by atoms with Gasteiger partial charge in [0.2, 0.25) is 5.91 Å². The van der Waals surface area contributed by atoms with E-state index in [9.17, 15) is 9.18 Å². The van der Waals surface area contributed by atoms with E-state index < -0.39 is 0 Å². The SMILES string of the molecule is O=C(CCn1c(=S)[nH]c2cc(F)c(Br)cc21)N1CCCC1. The van der Waals surface area contributed by atoms with Gasteiger partial charge in [-0.1, -0.05) is 0 Å². The van der Waals surface area contributed by atoms with Crippen LogP contribution in [-0.2, 0) is 11.3 Å². The maximum absolute atomic E-state index is 13.5. The molecular weight excluding hydrogens is 357 g/mol. The molecule has 4 nitrogen and oxygen atoms in total. The number of halogens is 2. The molecule has 0 bridgehead atoms. The Morgan fingerprint density at radius 2 is 2.10 bits per heavy atom. The van der Waals surface area contributed by atoms with E-state index in [0.717, 1.165) is 31.4 Å².